The molecule has 0 aromatic heterocycles. The van der Waals surface area contributed by atoms with Gasteiger partial charge in [0.2, 0.25) is 0 Å². The number of likely N-dealkylation sites (N-methyl/N-ethyl adjacent to an activating group) is 1. The first kappa shape index (κ1) is 17.3. The van der Waals surface area contributed by atoms with E-state index in [9.17, 15) is 13.2 Å². The van der Waals surface area contributed by atoms with Gasteiger partial charge in [-0.1, -0.05) is 22.0 Å². The standard InChI is InChI=1S/C14H19BrF3NO/c1-10(2)20-7-6-19(3)12-5-4-11(9-15)13(8-12)14(16,17)18/h4-5,8,10H,6-7,9H2,1-3H3. The topological polar surface area (TPSA) is 12.5 Å². The molecular weight excluding hydrogens is 335 g/mol. The highest BCUT2D eigenvalue weighted by Crippen LogP contribution is 2.35. The van der Waals surface area contributed by atoms with Crippen LogP contribution >= 0.6 is 15.9 Å². The first-order chi connectivity index (χ1) is 9.25. The van der Waals surface area contributed by atoms with Crippen molar-refractivity contribution in [2.24, 2.45) is 0 Å². The second-order valence-corrected chi connectivity index (χ2v) is 5.37. The van der Waals surface area contributed by atoms with Gasteiger partial charge in [-0.25, -0.2) is 0 Å². The molecule has 0 saturated carbocycles. The van der Waals surface area contributed by atoms with Crippen molar-refractivity contribution in [2.75, 3.05) is 25.1 Å². The zero-order chi connectivity index (χ0) is 15.3. The van der Waals surface area contributed by atoms with Crippen LogP contribution in [0, 0.1) is 0 Å². The molecule has 0 heterocycles. The maximum atomic E-state index is 13.0. The minimum absolute atomic E-state index is 0.116. The Bertz CT molecular complexity index is 435. The molecule has 0 atom stereocenters. The van der Waals surface area contributed by atoms with Crippen LogP contribution in [0.2, 0.25) is 0 Å². The Balaban J connectivity index is 2.86. The highest BCUT2D eigenvalue weighted by atomic mass is 79.9. The molecule has 0 aliphatic carbocycles. The Labute approximate surface area is 126 Å². The predicted octanol–water partition coefficient (Wildman–Crippen LogP) is 4.46. The third kappa shape index (κ3) is 4.98. The summed E-state index contributed by atoms with van der Waals surface area (Å²) < 4.78 is 44.3. The molecule has 114 valence electrons. The van der Waals surface area contributed by atoms with Crippen LogP contribution in [0.3, 0.4) is 0 Å². The maximum Gasteiger partial charge on any atom is 0.416 e. The number of nitrogens with zero attached hydrogens (tertiary/aromatic N) is 1. The van der Waals surface area contributed by atoms with E-state index in [1.165, 1.54) is 12.1 Å². The van der Waals surface area contributed by atoms with Crippen LogP contribution in [0.4, 0.5) is 18.9 Å². The van der Waals surface area contributed by atoms with E-state index < -0.39 is 11.7 Å². The molecule has 1 aromatic rings. The Morgan fingerprint density at radius 1 is 1.30 bits per heavy atom. The molecule has 0 N–H and O–H groups in total. The lowest BCUT2D eigenvalue weighted by molar-refractivity contribution is -0.138. The SMILES string of the molecule is CC(C)OCCN(C)c1ccc(CBr)c(C(F)(F)F)c1. The Morgan fingerprint density at radius 2 is 1.95 bits per heavy atom. The number of alkyl halides is 4. The molecule has 0 aliphatic rings. The van der Waals surface area contributed by atoms with Gasteiger partial charge >= 0.3 is 6.18 Å². The summed E-state index contributed by atoms with van der Waals surface area (Å²) in [6.45, 7) is 4.87. The number of halogens is 4. The quantitative estimate of drug-likeness (QED) is 0.700. The lowest BCUT2D eigenvalue weighted by Crippen LogP contribution is -2.24. The number of hydrogen-bond acceptors (Lipinski definition) is 2. The Kier molecular flexibility index (Phi) is 6.33. The number of rotatable bonds is 6. The van der Waals surface area contributed by atoms with E-state index in [1.807, 2.05) is 13.8 Å². The highest BCUT2D eigenvalue weighted by molar-refractivity contribution is 9.08. The van der Waals surface area contributed by atoms with Crippen LogP contribution in [0.5, 0.6) is 0 Å². The first-order valence-corrected chi connectivity index (χ1v) is 7.46. The van der Waals surface area contributed by atoms with Gasteiger partial charge in [0.05, 0.1) is 18.3 Å². The monoisotopic (exact) mass is 353 g/mol. The number of anilines is 1. The zero-order valence-corrected chi connectivity index (χ0v) is 13.4. The summed E-state index contributed by atoms with van der Waals surface area (Å²) in [6, 6.07) is 4.39. The first-order valence-electron chi connectivity index (χ1n) is 6.34. The summed E-state index contributed by atoms with van der Waals surface area (Å²) in [5.74, 6) is 0. The van der Waals surface area contributed by atoms with E-state index in [0.29, 0.717) is 18.8 Å². The van der Waals surface area contributed by atoms with Gasteiger partial charge in [0.15, 0.2) is 0 Å². The lowest BCUT2D eigenvalue weighted by atomic mass is 10.1. The fourth-order valence-electron chi connectivity index (χ4n) is 1.74. The Morgan fingerprint density at radius 3 is 2.45 bits per heavy atom. The molecule has 0 unspecified atom stereocenters. The summed E-state index contributed by atoms with van der Waals surface area (Å²) in [5, 5.41) is 0.183. The average molecular weight is 354 g/mol. The van der Waals surface area contributed by atoms with Gasteiger partial charge in [-0.2, -0.15) is 13.2 Å². The maximum absolute atomic E-state index is 13.0. The minimum atomic E-state index is -4.34. The van der Waals surface area contributed by atoms with Crippen LogP contribution in [0.1, 0.15) is 25.0 Å². The van der Waals surface area contributed by atoms with Crippen LogP contribution in [0.25, 0.3) is 0 Å². The third-order valence-electron chi connectivity index (χ3n) is 2.86. The van der Waals surface area contributed by atoms with E-state index >= 15 is 0 Å². The van der Waals surface area contributed by atoms with Crippen LogP contribution in [-0.2, 0) is 16.2 Å². The second kappa shape index (κ2) is 7.31. The van der Waals surface area contributed by atoms with Crippen molar-refractivity contribution >= 4 is 21.6 Å². The molecule has 2 nitrogen and oxygen atoms in total. The molecule has 0 fully saturated rings. The molecule has 0 aliphatic heterocycles. The molecule has 0 saturated heterocycles. The van der Waals surface area contributed by atoms with E-state index in [0.717, 1.165) is 0 Å². The van der Waals surface area contributed by atoms with Crippen molar-refractivity contribution in [3.05, 3.63) is 29.3 Å². The van der Waals surface area contributed by atoms with Crippen molar-refractivity contribution in [3.8, 4) is 0 Å². The number of hydrogen-bond donors (Lipinski definition) is 0. The predicted molar refractivity (Wildman–Crippen MR) is 78.4 cm³/mol. The lowest BCUT2D eigenvalue weighted by Gasteiger charge is -2.22. The van der Waals surface area contributed by atoms with Gasteiger partial charge in [-0.3, -0.25) is 0 Å². The summed E-state index contributed by atoms with van der Waals surface area (Å²) in [6.07, 6.45) is -4.22. The largest absolute Gasteiger partial charge is 0.416 e. The van der Waals surface area contributed by atoms with Crippen molar-refractivity contribution in [1.29, 1.82) is 0 Å². The molecule has 6 heteroatoms. The molecule has 0 bridgehead atoms. The van der Waals surface area contributed by atoms with E-state index in [-0.39, 0.29) is 17.0 Å². The fraction of sp³-hybridized carbons (Fsp3) is 0.571. The molecule has 1 aromatic carbocycles. The summed E-state index contributed by atoms with van der Waals surface area (Å²) in [5.41, 5.74) is 0.186. The summed E-state index contributed by atoms with van der Waals surface area (Å²) in [4.78, 5) is 1.76. The smallest absolute Gasteiger partial charge is 0.377 e. The van der Waals surface area contributed by atoms with Gasteiger partial charge in [0, 0.05) is 24.6 Å². The van der Waals surface area contributed by atoms with E-state index in [2.05, 4.69) is 15.9 Å². The zero-order valence-electron chi connectivity index (χ0n) is 11.8. The molecule has 1 rings (SSSR count). The van der Waals surface area contributed by atoms with Crippen molar-refractivity contribution in [1.82, 2.24) is 0 Å². The van der Waals surface area contributed by atoms with Gasteiger partial charge in [-0.05, 0) is 31.5 Å². The number of benzene rings is 1. The third-order valence-corrected chi connectivity index (χ3v) is 3.47. The average Bonchev–Trinajstić information content (AvgIpc) is 2.36. The van der Waals surface area contributed by atoms with Crippen LogP contribution < -0.4 is 4.90 Å². The molecular formula is C14H19BrF3NO. The van der Waals surface area contributed by atoms with Crippen LogP contribution in [0.15, 0.2) is 18.2 Å². The molecule has 0 radical (unpaired) electrons. The van der Waals surface area contributed by atoms with Gasteiger partial charge in [0.25, 0.3) is 0 Å². The number of ether oxygens (including phenoxy) is 1. The highest BCUT2D eigenvalue weighted by Gasteiger charge is 2.33. The van der Waals surface area contributed by atoms with Crippen LogP contribution in [-0.4, -0.2) is 26.3 Å². The summed E-state index contributed by atoms with van der Waals surface area (Å²) in [7, 11) is 1.76. The molecule has 20 heavy (non-hydrogen) atoms. The minimum Gasteiger partial charge on any atom is -0.377 e. The van der Waals surface area contributed by atoms with Gasteiger partial charge in [0.1, 0.15) is 0 Å². The normalized spacial score (nSPS) is 12.0. The Hall–Kier alpha value is -0.750. The van der Waals surface area contributed by atoms with Gasteiger partial charge < -0.3 is 9.64 Å². The molecule has 0 amide bonds. The summed E-state index contributed by atoms with van der Waals surface area (Å²) >= 11 is 3.09. The van der Waals surface area contributed by atoms with Crippen molar-refractivity contribution in [2.45, 2.75) is 31.5 Å². The second-order valence-electron chi connectivity index (χ2n) is 4.81. The van der Waals surface area contributed by atoms with Crippen molar-refractivity contribution in [3.63, 3.8) is 0 Å². The van der Waals surface area contributed by atoms with Crippen molar-refractivity contribution < 1.29 is 17.9 Å². The van der Waals surface area contributed by atoms with E-state index in [1.54, 1.807) is 18.0 Å². The van der Waals surface area contributed by atoms with Gasteiger partial charge in [-0.15, -0.1) is 0 Å². The fourth-order valence-corrected chi connectivity index (χ4v) is 2.23. The van der Waals surface area contributed by atoms with E-state index in [4.69, 9.17) is 4.74 Å². The molecule has 0 spiro atoms.